The lowest BCUT2D eigenvalue weighted by Gasteiger charge is -2.37. The molecule has 3 heterocycles. The molecular weight excluding hydrogens is 404 g/mol. The van der Waals surface area contributed by atoms with E-state index in [9.17, 15) is 9.59 Å². The molecule has 5 rings (SSSR count). The van der Waals surface area contributed by atoms with E-state index in [1.165, 1.54) is 0 Å². The summed E-state index contributed by atoms with van der Waals surface area (Å²) in [7, 11) is 0. The van der Waals surface area contributed by atoms with Crippen molar-refractivity contribution in [1.82, 2.24) is 14.5 Å². The maximum absolute atomic E-state index is 13.8. The molecule has 32 heavy (non-hydrogen) atoms. The van der Waals surface area contributed by atoms with E-state index in [2.05, 4.69) is 4.98 Å². The fraction of sp³-hybridized carbons (Fsp3) is 0.200. The lowest BCUT2D eigenvalue weighted by molar-refractivity contribution is -0.153. The summed E-state index contributed by atoms with van der Waals surface area (Å²) in [4.78, 5) is 37.5. The van der Waals surface area contributed by atoms with Crippen LogP contribution in [0.4, 0.5) is 5.95 Å². The molecule has 0 aliphatic carbocycles. The van der Waals surface area contributed by atoms with Gasteiger partial charge in [0, 0.05) is 12.4 Å². The van der Waals surface area contributed by atoms with E-state index in [0.29, 0.717) is 12.5 Å². The van der Waals surface area contributed by atoms with Crippen molar-refractivity contribution in [2.45, 2.75) is 19.5 Å². The van der Waals surface area contributed by atoms with Gasteiger partial charge in [-0.1, -0.05) is 42.5 Å². The van der Waals surface area contributed by atoms with Gasteiger partial charge in [0.2, 0.25) is 11.9 Å². The number of esters is 1. The first-order valence-electron chi connectivity index (χ1n) is 10.6. The van der Waals surface area contributed by atoms with Crippen LogP contribution in [0, 0.1) is 5.92 Å². The van der Waals surface area contributed by atoms with Crippen LogP contribution in [0.15, 0.2) is 79.1 Å². The lowest BCUT2D eigenvalue weighted by Crippen LogP contribution is -2.49. The molecule has 0 saturated heterocycles. The highest BCUT2D eigenvalue weighted by Gasteiger charge is 2.47. The molecule has 0 N–H and O–H groups in total. The topological polar surface area (TPSA) is 77.3 Å². The van der Waals surface area contributed by atoms with Gasteiger partial charge >= 0.3 is 5.97 Å². The lowest BCUT2D eigenvalue weighted by atomic mass is 9.89. The van der Waals surface area contributed by atoms with Gasteiger partial charge in [0.15, 0.2) is 5.92 Å². The number of benzene rings is 2. The number of rotatable bonds is 5. The number of amides is 1. The van der Waals surface area contributed by atoms with E-state index in [1.54, 1.807) is 24.2 Å². The molecule has 4 aromatic rings. The number of para-hydroxylation sites is 2. The summed E-state index contributed by atoms with van der Waals surface area (Å²) in [6.07, 6.45) is 3.33. The number of nitrogens with zero attached hydrogens (tertiary/aromatic N) is 4. The molecular formula is C25H22N4O3. The number of hydrogen-bond donors (Lipinski definition) is 0. The fourth-order valence-electron chi connectivity index (χ4n) is 4.33. The molecule has 0 bridgehead atoms. The summed E-state index contributed by atoms with van der Waals surface area (Å²) in [6.45, 7) is 2.25. The van der Waals surface area contributed by atoms with Crippen LogP contribution in [0.3, 0.4) is 0 Å². The quantitative estimate of drug-likeness (QED) is 0.359. The second-order valence-corrected chi connectivity index (χ2v) is 7.64. The Balaban J connectivity index is 1.75. The zero-order chi connectivity index (χ0) is 22.1. The summed E-state index contributed by atoms with van der Waals surface area (Å²) < 4.78 is 7.35. The smallest absolute Gasteiger partial charge is 0.321 e. The Morgan fingerprint density at radius 2 is 1.72 bits per heavy atom. The van der Waals surface area contributed by atoms with Crippen molar-refractivity contribution in [2.75, 3.05) is 11.5 Å². The fourth-order valence-corrected chi connectivity index (χ4v) is 4.33. The van der Waals surface area contributed by atoms with E-state index in [4.69, 9.17) is 9.72 Å². The first kappa shape index (κ1) is 19.9. The summed E-state index contributed by atoms with van der Waals surface area (Å²) in [6, 6.07) is 20.5. The van der Waals surface area contributed by atoms with Crippen LogP contribution >= 0.6 is 0 Å². The minimum Gasteiger partial charge on any atom is -0.465 e. The molecule has 0 unspecified atom stereocenters. The highest BCUT2D eigenvalue weighted by Crippen LogP contribution is 2.41. The molecule has 1 aliphatic rings. The number of aromatic nitrogens is 3. The summed E-state index contributed by atoms with van der Waals surface area (Å²) in [5.41, 5.74) is 3.36. The van der Waals surface area contributed by atoms with E-state index in [0.717, 1.165) is 22.2 Å². The molecule has 2 aromatic heterocycles. The van der Waals surface area contributed by atoms with E-state index < -0.39 is 17.9 Å². The molecule has 2 aromatic carbocycles. The third-order valence-electron chi connectivity index (χ3n) is 5.72. The van der Waals surface area contributed by atoms with Crippen molar-refractivity contribution in [2.24, 2.45) is 5.92 Å². The van der Waals surface area contributed by atoms with Crippen LogP contribution in [0.2, 0.25) is 0 Å². The molecule has 0 radical (unpaired) electrons. The van der Waals surface area contributed by atoms with Crippen LogP contribution in [-0.2, 0) is 20.9 Å². The number of anilines is 1. The largest absolute Gasteiger partial charge is 0.465 e. The first-order chi connectivity index (χ1) is 15.7. The van der Waals surface area contributed by atoms with Crippen molar-refractivity contribution in [1.29, 1.82) is 0 Å². The first-order valence-corrected chi connectivity index (χ1v) is 10.6. The minimum atomic E-state index is -1.04. The Kier molecular flexibility index (Phi) is 5.15. The van der Waals surface area contributed by atoms with Gasteiger partial charge in [-0.05, 0) is 42.3 Å². The predicted octanol–water partition coefficient (Wildman–Crippen LogP) is 3.75. The minimum absolute atomic E-state index is 0.196. The van der Waals surface area contributed by atoms with Gasteiger partial charge in [0.1, 0.15) is 0 Å². The third kappa shape index (κ3) is 3.32. The highest BCUT2D eigenvalue weighted by atomic mass is 16.5. The van der Waals surface area contributed by atoms with Gasteiger partial charge in [-0.2, -0.15) is 0 Å². The summed E-state index contributed by atoms with van der Waals surface area (Å²) in [5.74, 6) is -1.38. The molecule has 0 saturated carbocycles. The molecule has 0 fully saturated rings. The van der Waals surface area contributed by atoms with Gasteiger partial charge in [0.25, 0.3) is 0 Å². The van der Waals surface area contributed by atoms with E-state index in [1.807, 2.05) is 71.3 Å². The molecule has 2 atom stereocenters. The molecule has 7 heteroatoms. The third-order valence-corrected chi connectivity index (χ3v) is 5.72. The molecule has 1 aliphatic heterocycles. The monoisotopic (exact) mass is 426 g/mol. The van der Waals surface area contributed by atoms with Crippen LogP contribution in [-0.4, -0.2) is 33.0 Å². The molecule has 1 amide bonds. The van der Waals surface area contributed by atoms with Gasteiger partial charge in [-0.15, -0.1) is 0 Å². The van der Waals surface area contributed by atoms with Crippen molar-refractivity contribution in [3.63, 3.8) is 0 Å². The summed E-state index contributed by atoms with van der Waals surface area (Å²) >= 11 is 0. The van der Waals surface area contributed by atoms with Gasteiger partial charge in [0.05, 0.1) is 30.2 Å². The van der Waals surface area contributed by atoms with Crippen LogP contribution in [0.25, 0.3) is 11.0 Å². The molecule has 0 spiro atoms. The number of fused-ring (bicyclic) bond motifs is 3. The second kappa shape index (κ2) is 8.26. The SMILES string of the molecule is CCOC(=O)[C@@H]1C(=O)N(Cc2ccccc2)c2nc3ccccc3n2[C@@H]1c1ccncc1. The Labute approximate surface area is 185 Å². The standard InChI is InChI=1S/C25H22N4O3/c1-2-32-24(31)21-22(18-12-14-26-15-13-18)29-20-11-7-6-10-19(20)27-25(29)28(23(21)30)16-17-8-4-3-5-9-17/h3-15,21-22H,2,16H2,1H3/t21-,22+/m0/s1. The number of ether oxygens (including phenoxy) is 1. The number of carbonyl (C=O) groups is 2. The van der Waals surface area contributed by atoms with Crippen LogP contribution in [0.1, 0.15) is 24.1 Å². The average molecular weight is 426 g/mol. The Hall–Kier alpha value is -4.00. The Morgan fingerprint density at radius 3 is 2.47 bits per heavy atom. The average Bonchev–Trinajstić information content (AvgIpc) is 3.21. The maximum Gasteiger partial charge on any atom is 0.321 e. The van der Waals surface area contributed by atoms with E-state index >= 15 is 0 Å². The number of imidazole rings is 1. The zero-order valence-electron chi connectivity index (χ0n) is 17.6. The Bertz CT molecular complexity index is 1270. The van der Waals surface area contributed by atoms with Crippen LogP contribution in [0.5, 0.6) is 0 Å². The normalized spacial score (nSPS) is 17.9. The number of hydrogen-bond acceptors (Lipinski definition) is 5. The van der Waals surface area contributed by atoms with E-state index in [-0.39, 0.29) is 12.5 Å². The molecule has 160 valence electrons. The highest BCUT2D eigenvalue weighted by molar-refractivity contribution is 6.08. The van der Waals surface area contributed by atoms with Crippen molar-refractivity contribution in [3.8, 4) is 0 Å². The van der Waals surface area contributed by atoms with Crippen molar-refractivity contribution >= 4 is 28.9 Å². The van der Waals surface area contributed by atoms with Gasteiger partial charge < -0.3 is 9.30 Å². The predicted molar refractivity (Wildman–Crippen MR) is 120 cm³/mol. The number of pyridine rings is 1. The zero-order valence-corrected chi connectivity index (χ0v) is 17.6. The maximum atomic E-state index is 13.8. The van der Waals surface area contributed by atoms with Crippen LogP contribution < -0.4 is 4.90 Å². The van der Waals surface area contributed by atoms with Crippen molar-refractivity contribution in [3.05, 3.63) is 90.3 Å². The second-order valence-electron chi connectivity index (χ2n) is 7.64. The number of carbonyl (C=O) groups excluding carboxylic acids is 2. The Morgan fingerprint density at radius 1 is 1.00 bits per heavy atom. The summed E-state index contributed by atoms with van der Waals surface area (Å²) in [5, 5.41) is 0. The van der Waals surface area contributed by atoms with Gasteiger partial charge in [-0.3, -0.25) is 19.5 Å². The van der Waals surface area contributed by atoms with Gasteiger partial charge in [-0.25, -0.2) is 4.98 Å². The van der Waals surface area contributed by atoms with Crippen molar-refractivity contribution < 1.29 is 14.3 Å². The molecule has 7 nitrogen and oxygen atoms in total.